The molecule has 0 unspecified atom stereocenters. The highest BCUT2D eigenvalue weighted by molar-refractivity contribution is 6.28. The van der Waals surface area contributed by atoms with Crippen molar-refractivity contribution in [2.45, 2.75) is 71.7 Å². The summed E-state index contributed by atoms with van der Waals surface area (Å²) in [6.45, 7) is 9.32. The van der Waals surface area contributed by atoms with E-state index < -0.39 is 24.1 Å². The zero-order chi connectivity index (χ0) is 24.6. The number of benzene rings is 1. The molecule has 0 spiro atoms. The molecule has 1 aliphatic heterocycles. The van der Waals surface area contributed by atoms with Crippen molar-refractivity contribution in [3.8, 4) is 0 Å². The van der Waals surface area contributed by atoms with Crippen LogP contribution in [0.15, 0.2) is 36.7 Å². The minimum atomic E-state index is -1.24. The Morgan fingerprint density at radius 1 is 1.26 bits per heavy atom. The first-order chi connectivity index (χ1) is 16.1. The molecule has 0 saturated carbocycles. The Morgan fingerprint density at radius 2 is 1.97 bits per heavy atom. The number of carbonyl (C=O) groups is 1. The standard InChI is InChI=1S/C24H29ClFN5O3/c1-6-16-14(2)17(26)21(33-16)31-13-27-18-19(28-22(25)29-20(18)31)30(23(32)34-24(3,4)5)12-15-10-8-7-9-11-15/h7-11,13-14,16-17,21H,6,12H2,1-5H3/t14-,16-,17+,21-/m1/s1. The summed E-state index contributed by atoms with van der Waals surface area (Å²) in [5.41, 5.74) is 0.715. The van der Waals surface area contributed by atoms with Crippen LogP contribution in [0.25, 0.3) is 11.2 Å². The van der Waals surface area contributed by atoms with E-state index in [4.69, 9.17) is 21.1 Å². The van der Waals surface area contributed by atoms with Crippen molar-refractivity contribution in [2.24, 2.45) is 5.92 Å². The van der Waals surface area contributed by atoms with Gasteiger partial charge in [-0.15, -0.1) is 0 Å². The monoisotopic (exact) mass is 489 g/mol. The van der Waals surface area contributed by atoms with Crippen LogP contribution in [0.1, 0.15) is 52.8 Å². The number of rotatable bonds is 5. The highest BCUT2D eigenvalue weighted by atomic mass is 35.5. The highest BCUT2D eigenvalue weighted by Gasteiger charge is 2.43. The summed E-state index contributed by atoms with van der Waals surface area (Å²) in [5.74, 6) is -0.0964. The maximum absolute atomic E-state index is 15.1. The normalized spacial score (nSPS) is 22.8. The van der Waals surface area contributed by atoms with E-state index in [1.807, 2.05) is 44.2 Å². The van der Waals surface area contributed by atoms with Crippen LogP contribution in [0.5, 0.6) is 0 Å². The molecule has 1 amide bonds. The van der Waals surface area contributed by atoms with Crippen molar-refractivity contribution in [3.63, 3.8) is 0 Å². The molecule has 1 aromatic carbocycles. The van der Waals surface area contributed by atoms with E-state index in [-0.39, 0.29) is 35.3 Å². The molecular formula is C24H29ClFN5O3. The predicted molar refractivity (Wildman–Crippen MR) is 127 cm³/mol. The molecule has 4 atom stereocenters. The van der Waals surface area contributed by atoms with Gasteiger partial charge in [-0.1, -0.05) is 44.2 Å². The summed E-state index contributed by atoms with van der Waals surface area (Å²) < 4.78 is 28.3. The van der Waals surface area contributed by atoms with E-state index in [0.29, 0.717) is 11.9 Å². The summed E-state index contributed by atoms with van der Waals surface area (Å²) in [4.78, 5) is 27.7. The Balaban J connectivity index is 1.80. The van der Waals surface area contributed by atoms with Crippen LogP contribution in [-0.4, -0.2) is 43.5 Å². The zero-order valence-electron chi connectivity index (χ0n) is 19.9. The van der Waals surface area contributed by atoms with Gasteiger partial charge in [0.25, 0.3) is 0 Å². The molecule has 0 radical (unpaired) electrons. The van der Waals surface area contributed by atoms with Crippen molar-refractivity contribution >= 4 is 34.7 Å². The highest BCUT2D eigenvalue weighted by Crippen LogP contribution is 2.39. The summed E-state index contributed by atoms with van der Waals surface area (Å²) in [7, 11) is 0. The third-order valence-corrected chi connectivity index (χ3v) is 5.95. The SMILES string of the molecule is CC[C@H]1O[C@@H](n2cnc3c(N(Cc4ccccc4)C(=O)OC(C)(C)C)nc(Cl)nc32)[C@@H](F)[C@@H]1C. The summed E-state index contributed by atoms with van der Waals surface area (Å²) in [5, 5.41) is -0.0978. The first-order valence-electron chi connectivity index (χ1n) is 11.3. The van der Waals surface area contributed by atoms with E-state index in [0.717, 1.165) is 5.56 Å². The molecule has 0 aliphatic carbocycles. The quantitative estimate of drug-likeness (QED) is 0.427. The minimum Gasteiger partial charge on any atom is -0.443 e. The second-order valence-electron chi connectivity index (χ2n) is 9.47. The first kappa shape index (κ1) is 24.3. The number of ether oxygens (including phenoxy) is 2. The lowest BCUT2D eigenvalue weighted by Gasteiger charge is -2.27. The topological polar surface area (TPSA) is 82.4 Å². The molecule has 0 N–H and O–H groups in total. The second-order valence-corrected chi connectivity index (χ2v) is 9.81. The molecule has 1 fully saturated rings. The van der Waals surface area contributed by atoms with Crippen LogP contribution in [0, 0.1) is 5.92 Å². The average Bonchev–Trinajstić information content (AvgIpc) is 3.31. The summed E-state index contributed by atoms with van der Waals surface area (Å²) in [6, 6.07) is 9.43. The molecule has 182 valence electrons. The van der Waals surface area contributed by atoms with Crippen LogP contribution in [-0.2, 0) is 16.0 Å². The van der Waals surface area contributed by atoms with Crippen molar-refractivity contribution in [1.82, 2.24) is 19.5 Å². The van der Waals surface area contributed by atoms with Crippen LogP contribution in [0.3, 0.4) is 0 Å². The summed E-state index contributed by atoms with van der Waals surface area (Å²) >= 11 is 6.29. The van der Waals surface area contributed by atoms with Gasteiger partial charge in [0.05, 0.1) is 19.0 Å². The third kappa shape index (κ3) is 4.86. The average molecular weight is 490 g/mol. The number of aromatic nitrogens is 4. The number of hydrogen-bond acceptors (Lipinski definition) is 6. The molecule has 1 saturated heterocycles. The molecule has 1 aliphatic rings. The van der Waals surface area contributed by atoms with Gasteiger partial charge in [0.1, 0.15) is 5.60 Å². The lowest BCUT2D eigenvalue weighted by molar-refractivity contribution is -0.0186. The van der Waals surface area contributed by atoms with Crippen LogP contribution in [0.4, 0.5) is 15.0 Å². The molecule has 4 rings (SSSR count). The first-order valence-corrected chi connectivity index (χ1v) is 11.7. The van der Waals surface area contributed by atoms with Gasteiger partial charge in [-0.2, -0.15) is 9.97 Å². The van der Waals surface area contributed by atoms with Gasteiger partial charge in [0.15, 0.2) is 29.4 Å². The molecule has 3 aromatic rings. The Morgan fingerprint density at radius 3 is 2.59 bits per heavy atom. The largest absolute Gasteiger partial charge is 0.443 e. The number of nitrogens with zero attached hydrogens (tertiary/aromatic N) is 5. The molecule has 8 nitrogen and oxygen atoms in total. The number of hydrogen-bond donors (Lipinski definition) is 0. The Hall–Kier alpha value is -2.78. The predicted octanol–water partition coefficient (Wildman–Crippen LogP) is 5.70. The van der Waals surface area contributed by atoms with Gasteiger partial charge >= 0.3 is 6.09 Å². The van der Waals surface area contributed by atoms with E-state index >= 15 is 4.39 Å². The van der Waals surface area contributed by atoms with E-state index in [2.05, 4.69) is 15.0 Å². The number of anilines is 1. The van der Waals surface area contributed by atoms with Crippen molar-refractivity contribution in [2.75, 3.05) is 4.90 Å². The van der Waals surface area contributed by atoms with Crippen molar-refractivity contribution in [1.29, 1.82) is 0 Å². The lowest BCUT2D eigenvalue weighted by Crippen LogP contribution is -2.37. The van der Waals surface area contributed by atoms with Gasteiger partial charge in [-0.05, 0) is 44.4 Å². The van der Waals surface area contributed by atoms with Gasteiger partial charge in [0, 0.05) is 5.92 Å². The van der Waals surface area contributed by atoms with Gasteiger partial charge in [0.2, 0.25) is 5.28 Å². The fraction of sp³-hybridized carbons (Fsp3) is 0.500. The lowest BCUT2D eigenvalue weighted by atomic mass is 10.00. The number of carbonyl (C=O) groups excluding carboxylic acids is 1. The Kier molecular flexibility index (Phi) is 6.78. The van der Waals surface area contributed by atoms with Gasteiger partial charge < -0.3 is 9.47 Å². The molecule has 34 heavy (non-hydrogen) atoms. The van der Waals surface area contributed by atoms with Crippen LogP contribution < -0.4 is 4.90 Å². The van der Waals surface area contributed by atoms with Crippen molar-refractivity contribution in [3.05, 3.63) is 47.5 Å². The molecule has 3 heterocycles. The molecular weight excluding hydrogens is 461 g/mol. The maximum Gasteiger partial charge on any atom is 0.416 e. The smallest absolute Gasteiger partial charge is 0.416 e. The van der Waals surface area contributed by atoms with Crippen LogP contribution in [0.2, 0.25) is 5.28 Å². The Labute approximate surface area is 203 Å². The number of imidazole rings is 1. The van der Waals surface area contributed by atoms with Crippen LogP contribution >= 0.6 is 11.6 Å². The number of alkyl halides is 1. The molecule has 10 heteroatoms. The molecule has 2 aromatic heterocycles. The minimum absolute atomic E-state index is 0.0978. The van der Waals surface area contributed by atoms with E-state index in [1.165, 1.54) is 15.8 Å². The Bertz CT molecular complexity index is 1170. The second kappa shape index (κ2) is 9.46. The number of amides is 1. The van der Waals surface area contributed by atoms with Crippen molar-refractivity contribution < 1.29 is 18.7 Å². The molecule has 0 bridgehead atoms. The third-order valence-electron chi connectivity index (χ3n) is 5.78. The fourth-order valence-electron chi connectivity index (χ4n) is 4.09. The maximum atomic E-state index is 15.1. The van der Waals surface area contributed by atoms with E-state index in [1.54, 1.807) is 20.8 Å². The van der Waals surface area contributed by atoms with Gasteiger partial charge in [-0.25, -0.2) is 14.2 Å². The summed E-state index contributed by atoms with van der Waals surface area (Å²) in [6.07, 6.45) is -0.821. The fourth-order valence-corrected chi connectivity index (χ4v) is 4.25. The van der Waals surface area contributed by atoms with Gasteiger partial charge in [-0.3, -0.25) is 9.47 Å². The zero-order valence-corrected chi connectivity index (χ0v) is 20.7. The van der Waals surface area contributed by atoms with E-state index in [9.17, 15) is 4.79 Å². The number of halogens is 2. The number of fused-ring (bicyclic) bond motifs is 1.